The Labute approximate surface area is 217 Å². The maximum Gasteiger partial charge on any atom is 0.309 e. The Morgan fingerprint density at radius 2 is 1.81 bits per heavy atom. The van der Waals surface area contributed by atoms with Crippen molar-refractivity contribution in [2.45, 2.75) is 97.7 Å². The Hall–Kier alpha value is -1.91. The van der Waals surface area contributed by atoms with Gasteiger partial charge in [-0.1, -0.05) is 39.8 Å². The van der Waals surface area contributed by atoms with E-state index in [2.05, 4.69) is 4.98 Å². The van der Waals surface area contributed by atoms with Gasteiger partial charge in [0.25, 0.3) is 0 Å². The number of thiazole rings is 1. The zero-order valence-electron chi connectivity index (χ0n) is 22.3. The molecule has 0 amide bonds. The number of nitrogens with zero attached hydrogens (tertiary/aromatic N) is 1. The highest BCUT2D eigenvalue weighted by Gasteiger charge is 2.42. The van der Waals surface area contributed by atoms with Gasteiger partial charge in [0.1, 0.15) is 17.5 Å². The number of carbonyl (C=O) groups is 2. The number of hydrogen-bond donors (Lipinski definition) is 4. The summed E-state index contributed by atoms with van der Waals surface area (Å²) in [5.74, 6) is -2.20. The molecule has 0 spiro atoms. The fraction of sp³-hybridized carbons (Fsp3) is 0.667. The molecule has 0 aliphatic carbocycles. The number of aromatic nitrogens is 1. The molecule has 2 rings (SSSR count). The van der Waals surface area contributed by atoms with Crippen molar-refractivity contribution in [3.63, 3.8) is 0 Å². The second kappa shape index (κ2) is 12.1. The minimum atomic E-state index is -1.63. The Kier molecular flexibility index (Phi) is 10.2. The quantitative estimate of drug-likeness (QED) is 0.343. The summed E-state index contributed by atoms with van der Waals surface area (Å²) in [6.45, 7) is 11.6. The summed E-state index contributed by atoms with van der Waals surface area (Å²) in [5.41, 5.74) is -1.63. The fourth-order valence-corrected chi connectivity index (χ4v) is 4.90. The van der Waals surface area contributed by atoms with E-state index in [4.69, 9.17) is 4.74 Å². The van der Waals surface area contributed by atoms with Crippen LogP contribution >= 0.6 is 11.3 Å². The zero-order chi connectivity index (χ0) is 27.4. The Balaban J connectivity index is 2.44. The molecule has 1 aromatic rings. The van der Waals surface area contributed by atoms with Crippen LogP contribution in [0.4, 0.5) is 0 Å². The molecule has 2 heterocycles. The number of carbonyl (C=O) groups excluding carboxylic acids is 2. The second-order valence-electron chi connectivity index (χ2n) is 10.8. The van der Waals surface area contributed by atoms with Crippen LogP contribution in [0.5, 0.6) is 0 Å². The minimum Gasteiger partial charge on any atom is -0.458 e. The van der Waals surface area contributed by atoms with E-state index in [1.165, 1.54) is 24.3 Å². The molecule has 0 radical (unpaired) electrons. The smallest absolute Gasteiger partial charge is 0.309 e. The number of hydrogen-bond acceptors (Lipinski definition) is 9. The van der Waals surface area contributed by atoms with E-state index in [9.17, 15) is 30.0 Å². The molecule has 202 valence electrons. The summed E-state index contributed by atoms with van der Waals surface area (Å²) in [6, 6.07) is 0. The van der Waals surface area contributed by atoms with Gasteiger partial charge in [0.05, 0.1) is 40.8 Å². The molecular weight excluding hydrogens is 482 g/mol. The third-order valence-electron chi connectivity index (χ3n) is 7.21. The predicted octanol–water partition coefficient (Wildman–Crippen LogP) is 3.21. The van der Waals surface area contributed by atoms with Gasteiger partial charge in [-0.3, -0.25) is 9.59 Å². The Morgan fingerprint density at radius 3 is 2.39 bits per heavy atom. The highest BCUT2D eigenvalue weighted by Crippen LogP contribution is 2.32. The molecule has 0 saturated heterocycles. The fourth-order valence-electron chi connectivity index (χ4n) is 4.33. The molecule has 4 N–H and O–H groups in total. The molecule has 0 aromatic carbocycles. The number of esters is 1. The maximum atomic E-state index is 13.2. The molecule has 1 aliphatic heterocycles. The van der Waals surface area contributed by atoms with E-state index >= 15 is 0 Å². The highest BCUT2D eigenvalue weighted by molar-refractivity contribution is 7.09. The van der Waals surface area contributed by atoms with Crippen LogP contribution < -0.4 is 0 Å². The van der Waals surface area contributed by atoms with Crippen LogP contribution in [0.25, 0.3) is 6.08 Å². The van der Waals surface area contributed by atoms with Crippen LogP contribution in [0, 0.1) is 24.2 Å². The van der Waals surface area contributed by atoms with Gasteiger partial charge in [0, 0.05) is 17.7 Å². The van der Waals surface area contributed by atoms with Crippen molar-refractivity contribution in [3.8, 4) is 0 Å². The largest absolute Gasteiger partial charge is 0.458 e. The van der Waals surface area contributed by atoms with E-state index in [-0.39, 0.29) is 18.1 Å². The molecule has 0 saturated carbocycles. The first kappa shape index (κ1) is 30.3. The lowest BCUT2D eigenvalue weighted by molar-refractivity contribution is -0.156. The maximum absolute atomic E-state index is 13.2. The van der Waals surface area contributed by atoms with Crippen LogP contribution in [-0.4, -0.2) is 67.2 Å². The van der Waals surface area contributed by atoms with Crippen LogP contribution in [0.15, 0.2) is 23.1 Å². The summed E-state index contributed by atoms with van der Waals surface area (Å²) in [7, 11) is 0. The third kappa shape index (κ3) is 7.55. The lowest BCUT2D eigenvalue weighted by Crippen LogP contribution is -2.46. The van der Waals surface area contributed by atoms with Crippen molar-refractivity contribution in [1.29, 1.82) is 0 Å². The van der Waals surface area contributed by atoms with Gasteiger partial charge in [0.15, 0.2) is 0 Å². The number of allylic oxidation sites excluding steroid dienone is 1. The summed E-state index contributed by atoms with van der Waals surface area (Å²) in [4.78, 5) is 30.5. The number of rotatable bonds is 2. The van der Waals surface area contributed by atoms with Gasteiger partial charge in [0.2, 0.25) is 0 Å². The van der Waals surface area contributed by atoms with Crippen molar-refractivity contribution >= 4 is 29.2 Å². The minimum absolute atomic E-state index is 0.0951. The first-order valence-electron chi connectivity index (χ1n) is 12.3. The van der Waals surface area contributed by atoms with Gasteiger partial charge < -0.3 is 25.2 Å². The monoisotopic (exact) mass is 523 g/mol. The standard InChI is InChI=1S/C27H41NO7S/c1-15-9-8-10-27(7,34)22(30)12-20(16(2)11-19-14-36-18(4)28-19)35-23(31)13-21(29)26(5,6)25(33)17(3)24(15)32/h8,10-11,14-15,17,20-22,24,29-30,32,34H,9,12-13H2,1-7H3/b10-8+,16-11+/t15-,17+,20?,21-,22?,24-,27?/m0/s1. The number of aryl methyl sites for hydroxylation is 1. The van der Waals surface area contributed by atoms with Crippen molar-refractivity contribution < 1.29 is 34.8 Å². The SMILES string of the molecule is C/C(=C\c1csc(C)n1)C1CC(O)C(C)(O)/C=C/C[C@H](C)[C@H](O)[C@@H](C)C(=O)C(C)(C)[C@@H](O)CC(=O)O1. The average molecular weight is 524 g/mol. The Morgan fingerprint density at radius 1 is 1.17 bits per heavy atom. The lowest BCUT2D eigenvalue weighted by atomic mass is 9.73. The van der Waals surface area contributed by atoms with Gasteiger partial charge in [-0.05, 0) is 44.8 Å². The third-order valence-corrected chi connectivity index (χ3v) is 8.00. The number of ether oxygens (including phenoxy) is 1. The molecule has 3 unspecified atom stereocenters. The molecule has 0 bridgehead atoms. The number of aliphatic hydroxyl groups is 4. The lowest BCUT2D eigenvalue weighted by Gasteiger charge is -2.35. The van der Waals surface area contributed by atoms with Crippen molar-refractivity contribution in [2.24, 2.45) is 17.3 Å². The van der Waals surface area contributed by atoms with E-state index in [1.807, 2.05) is 12.3 Å². The van der Waals surface area contributed by atoms with Gasteiger partial charge >= 0.3 is 5.97 Å². The van der Waals surface area contributed by atoms with Gasteiger partial charge in [-0.25, -0.2) is 4.98 Å². The first-order valence-corrected chi connectivity index (χ1v) is 13.2. The Bertz CT molecular complexity index is 981. The summed E-state index contributed by atoms with van der Waals surface area (Å²) in [5, 5.41) is 46.1. The molecular formula is C27H41NO7S. The number of ketones is 1. The molecule has 8 nitrogen and oxygen atoms in total. The topological polar surface area (TPSA) is 137 Å². The van der Waals surface area contributed by atoms with E-state index in [1.54, 1.807) is 46.8 Å². The first-order chi connectivity index (χ1) is 16.6. The highest BCUT2D eigenvalue weighted by atomic mass is 32.1. The zero-order valence-corrected chi connectivity index (χ0v) is 23.1. The molecule has 1 aromatic heterocycles. The molecule has 7 atom stereocenters. The second-order valence-corrected chi connectivity index (χ2v) is 11.9. The average Bonchev–Trinajstić information content (AvgIpc) is 3.20. The van der Waals surface area contributed by atoms with Crippen molar-refractivity contribution in [2.75, 3.05) is 0 Å². The van der Waals surface area contributed by atoms with E-state index in [0.29, 0.717) is 17.7 Å². The van der Waals surface area contributed by atoms with Gasteiger partial charge in [-0.15, -0.1) is 11.3 Å². The van der Waals surface area contributed by atoms with Crippen LogP contribution in [0.2, 0.25) is 0 Å². The van der Waals surface area contributed by atoms with E-state index in [0.717, 1.165) is 5.01 Å². The number of cyclic esters (lactones) is 1. The summed E-state index contributed by atoms with van der Waals surface area (Å²) < 4.78 is 5.67. The van der Waals surface area contributed by atoms with Crippen LogP contribution in [-0.2, 0) is 14.3 Å². The number of aliphatic hydroxyl groups excluding tert-OH is 3. The van der Waals surface area contributed by atoms with Gasteiger partial charge in [-0.2, -0.15) is 0 Å². The van der Waals surface area contributed by atoms with Crippen molar-refractivity contribution in [1.82, 2.24) is 4.98 Å². The number of Topliss-reactive ketones (excluding diaryl/α,β-unsaturated/α-hetero) is 1. The normalized spacial score (nSPS) is 36.4. The summed E-state index contributed by atoms with van der Waals surface area (Å²) in [6.07, 6.45) is 0.220. The van der Waals surface area contributed by atoms with Crippen LogP contribution in [0.1, 0.15) is 71.5 Å². The predicted molar refractivity (Wildman–Crippen MR) is 139 cm³/mol. The molecule has 1 aliphatic rings. The molecule has 36 heavy (non-hydrogen) atoms. The molecule has 9 heteroatoms. The van der Waals surface area contributed by atoms with E-state index < -0.39 is 53.7 Å². The molecule has 0 fully saturated rings. The van der Waals surface area contributed by atoms with Crippen molar-refractivity contribution in [3.05, 3.63) is 33.8 Å². The summed E-state index contributed by atoms with van der Waals surface area (Å²) >= 11 is 1.48. The van der Waals surface area contributed by atoms with Crippen LogP contribution in [0.3, 0.4) is 0 Å².